The molecule has 0 bridgehead atoms. The van der Waals surface area contributed by atoms with Crippen molar-refractivity contribution >= 4 is 27.3 Å². The topological polar surface area (TPSA) is 158 Å². The number of nitro groups is 1. The molecule has 1 rings (SSSR count). The van der Waals surface area contributed by atoms with Crippen LogP contribution in [0.1, 0.15) is 13.8 Å². The maximum atomic E-state index is 12.1. The summed E-state index contributed by atoms with van der Waals surface area (Å²) in [6.45, 7) is 2.53. The molecule has 1 aromatic rings. The quantitative estimate of drug-likeness (QED) is 0.385. The van der Waals surface area contributed by atoms with Crippen LogP contribution in [0.15, 0.2) is 23.1 Å². The molecular weight excluding hydrogens is 288 g/mol. The number of amides is 1. The third kappa shape index (κ3) is 3.22. The molecule has 1 aromatic carbocycles. The summed E-state index contributed by atoms with van der Waals surface area (Å²) >= 11 is 0. The third-order valence-electron chi connectivity index (χ3n) is 2.50. The number of hydrogen-bond donors (Lipinski definition) is 3. The second-order valence-electron chi connectivity index (χ2n) is 4.57. The number of benzene rings is 1. The Kier molecular flexibility index (Phi) is 4.01. The second kappa shape index (κ2) is 5.06. The van der Waals surface area contributed by atoms with E-state index in [9.17, 15) is 23.3 Å². The minimum absolute atomic E-state index is 0.177. The van der Waals surface area contributed by atoms with E-state index in [0.717, 1.165) is 18.2 Å². The van der Waals surface area contributed by atoms with E-state index in [1.54, 1.807) is 0 Å². The molecule has 10 heteroatoms. The Labute approximate surface area is 115 Å². The second-order valence-corrected chi connectivity index (χ2v) is 6.22. The summed E-state index contributed by atoms with van der Waals surface area (Å²) in [6.07, 6.45) is 0. The highest BCUT2D eigenvalue weighted by atomic mass is 32.2. The van der Waals surface area contributed by atoms with Crippen LogP contribution in [0.25, 0.3) is 0 Å². The standard InChI is InChI=1S/C10H14N4O5S/c1-10(2,9(12)15)13-20(18,19)8-5-6(14(16)17)3-4-7(8)11/h3-5,13H,11H2,1-2H3,(H2,12,15). The summed E-state index contributed by atoms with van der Waals surface area (Å²) in [5.41, 5.74) is 8.41. The largest absolute Gasteiger partial charge is 0.398 e. The van der Waals surface area contributed by atoms with Crippen LogP contribution in [0.3, 0.4) is 0 Å². The van der Waals surface area contributed by atoms with Gasteiger partial charge in [0.05, 0.1) is 10.6 Å². The van der Waals surface area contributed by atoms with Crippen LogP contribution in [0.4, 0.5) is 11.4 Å². The van der Waals surface area contributed by atoms with Crippen molar-refractivity contribution in [3.05, 3.63) is 28.3 Å². The van der Waals surface area contributed by atoms with E-state index in [1.807, 2.05) is 0 Å². The van der Waals surface area contributed by atoms with Gasteiger partial charge >= 0.3 is 0 Å². The van der Waals surface area contributed by atoms with Crippen LogP contribution in [-0.4, -0.2) is 24.8 Å². The summed E-state index contributed by atoms with van der Waals surface area (Å²) < 4.78 is 26.3. The van der Waals surface area contributed by atoms with E-state index in [-0.39, 0.29) is 5.69 Å². The zero-order chi connectivity index (χ0) is 15.7. The first-order valence-corrected chi connectivity index (χ1v) is 6.83. The molecule has 0 saturated carbocycles. The van der Waals surface area contributed by atoms with Crippen molar-refractivity contribution in [2.75, 3.05) is 5.73 Å². The van der Waals surface area contributed by atoms with E-state index >= 15 is 0 Å². The Bertz CT molecular complexity index is 668. The monoisotopic (exact) mass is 302 g/mol. The molecule has 110 valence electrons. The van der Waals surface area contributed by atoms with Crippen LogP contribution < -0.4 is 16.2 Å². The number of hydrogen-bond acceptors (Lipinski definition) is 6. The van der Waals surface area contributed by atoms with Crippen molar-refractivity contribution < 1.29 is 18.1 Å². The lowest BCUT2D eigenvalue weighted by atomic mass is 10.1. The van der Waals surface area contributed by atoms with Crippen molar-refractivity contribution in [3.63, 3.8) is 0 Å². The zero-order valence-electron chi connectivity index (χ0n) is 10.8. The molecular formula is C10H14N4O5S. The number of primary amides is 1. The maximum absolute atomic E-state index is 12.1. The molecule has 0 spiro atoms. The van der Waals surface area contributed by atoms with Crippen molar-refractivity contribution in [1.82, 2.24) is 4.72 Å². The lowest BCUT2D eigenvalue weighted by Gasteiger charge is -2.22. The Morgan fingerprint density at radius 2 is 1.95 bits per heavy atom. The van der Waals surface area contributed by atoms with Gasteiger partial charge in [0.25, 0.3) is 5.69 Å². The number of nitrogens with two attached hydrogens (primary N) is 2. The number of rotatable bonds is 5. The lowest BCUT2D eigenvalue weighted by molar-refractivity contribution is -0.385. The molecule has 0 heterocycles. The number of nitrogen functional groups attached to an aromatic ring is 1. The number of nitrogens with one attached hydrogen (secondary N) is 1. The molecule has 1 amide bonds. The molecule has 0 atom stereocenters. The van der Waals surface area contributed by atoms with E-state index in [1.165, 1.54) is 13.8 Å². The fourth-order valence-corrected chi connectivity index (χ4v) is 2.85. The highest BCUT2D eigenvalue weighted by Gasteiger charge is 2.33. The van der Waals surface area contributed by atoms with Crippen LogP contribution in [0.2, 0.25) is 0 Å². The zero-order valence-corrected chi connectivity index (χ0v) is 11.6. The van der Waals surface area contributed by atoms with Gasteiger partial charge in [-0.1, -0.05) is 0 Å². The van der Waals surface area contributed by atoms with Gasteiger partial charge in [-0.15, -0.1) is 0 Å². The molecule has 0 aromatic heterocycles. The number of carbonyl (C=O) groups excluding carboxylic acids is 1. The van der Waals surface area contributed by atoms with Crippen LogP contribution in [-0.2, 0) is 14.8 Å². The summed E-state index contributed by atoms with van der Waals surface area (Å²) in [5.74, 6) is -0.898. The third-order valence-corrected chi connectivity index (χ3v) is 4.21. The molecule has 20 heavy (non-hydrogen) atoms. The molecule has 0 fully saturated rings. The van der Waals surface area contributed by atoms with Crippen molar-refractivity contribution in [3.8, 4) is 0 Å². The Balaban J connectivity index is 3.32. The van der Waals surface area contributed by atoms with Crippen molar-refractivity contribution in [2.24, 2.45) is 5.73 Å². The number of carbonyl (C=O) groups is 1. The number of non-ortho nitro benzene ring substituents is 1. The minimum atomic E-state index is -4.23. The summed E-state index contributed by atoms with van der Waals surface area (Å²) in [5, 5.41) is 10.7. The van der Waals surface area contributed by atoms with E-state index in [2.05, 4.69) is 4.72 Å². The summed E-state index contributed by atoms with van der Waals surface area (Å²) in [6, 6.07) is 2.99. The summed E-state index contributed by atoms with van der Waals surface area (Å²) in [4.78, 5) is 20.6. The predicted molar refractivity (Wildman–Crippen MR) is 71.1 cm³/mol. The van der Waals surface area contributed by atoms with Crippen molar-refractivity contribution in [1.29, 1.82) is 0 Å². The summed E-state index contributed by atoms with van der Waals surface area (Å²) in [7, 11) is -4.23. The van der Waals surface area contributed by atoms with Gasteiger partial charge in [-0.3, -0.25) is 14.9 Å². The molecule has 0 aliphatic rings. The van der Waals surface area contributed by atoms with Gasteiger partial charge in [0.2, 0.25) is 15.9 Å². The average Bonchev–Trinajstić information content (AvgIpc) is 2.27. The SMILES string of the molecule is CC(C)(NS(=O)(=O)c1cc([N+](=O)[O-])ccc1N)C(N)=O. The Hall–Kier alpha value is -2.20. The predicted octanol–water partition coefficient (Wildman–Crippen LogP) is -0.281. The first-order chi connectivity index (χ1) is 8.97. The van der Waals surface area contributed by atoms with E-state index in [0.29, 0.717) is 0 Å². The van der Waals surface area contributed by atoms with E-state index < -0.39 is 37.0 Å². The highest BCUT2D eigenvalue weighted by molar-refractivity contribution is 7.89. The van der Waals surface area contributed by atoms with Crippen molar-refractivity contribution in [2.45, 2.75) is 24.3 Å². The number of nitro benzene ring substituents is 1. The van der Waals surface area contributed by atoms with Crippen LogP contribution in [0, 0.1) is 10.1 Å². The normalized spacial score (nSPS) is 12.1. The van der Waals surface area contributed by atoms with Gasteiger partial charge in [0, 0.05) is 12.1 Å². The highest BCUT2D eigenvalue weighted by Crippen LogP contribution is 2.25. The Morgan fingerprint density at radius 1 is 1.40 bits per heavy atom. The number of nitrogens with zero attached hydrogens (tertiary/aromatic N) is 1. The lowest BCUT2D eigenvalue weighted by Crippen LogP contribution is -2.52. The smallest absolute Gasteiger partial charge is 0.270 e. The molecule has 0 unspecified atom stereocenters. The van der Waals surface area contributed by atoms with Gasteiger partial charge in [-0.25, -0.2) is 8.42 Å². The fraction of sp³-hybridized carbons (Fsp3) is 0.300. The molecule has 0 radical (unpaired) electrons. The van der Waals surface area contributed by atoms with Crippen LogP contribution in [0.5, 0.6) is 0 Å². The van der Waals surface area contributed by atoms with Gasteiger partial charge in [0.15, 0.2) is 0 Å². The van der Waals surface area contributed by atoms with E-state index in [4.69, 9.17) is 11.5 Å². The number of anilines is 1. The fourth-order valence-electron chi connectivity index (χ4n) is 1.31. The minimum Gasteiger partial charge on any atom is -0.398 e. The number of sulfonamides is 1. The first-order valence-electron chi connectivity index (χ1n) is 5.35. The van der Waals surface area contributed by atoms with Gasteiger partial charge in [0.1, 0.15) is 10.4 Å². The molecule has 9 nitrogen and oxygen atoms in total. The molecule has 5 N–H and O–H groups in total. The molecule has 0 aliphatic carbocycles. The van der Waals surface area contributed by atoms with Gasteiger partial charge < -0.3 is 11.5 Å². The van der Waals surface area contributed by atoms with Crippen LogP contribution >= 0.6 is 0 Å². The maximum Gasteiger partial charge on any atom is 0.270 e. The molecule has 0 aliphatic heterocycles. The first kappa shape index (κ1) is 15.9. The Morgan fingerprint density at radius 3 is 2.40 bits per heavy atom. The van der Waals surface area contributed by atoms with Gasteiger partial charge in [-0.05, 0) is 19.9 Å². The van der Waals surface area contributed by atoms with Gasteiger partial charge in [-0.2, -0.15) is 4.72 Å². The average molecular weight is 302 g/mol. The molecule has 0 saturated heterocycles.